The lowest BCUT2D eigenvalue weighted by molar-refractivity contribution is 0.544. The molecule has 1 aromatic heterocycles. The fourth-order valence-electron chi connectivity index (χ4n) is 4.26. The lowest BCUT2D eigenvalue weighted by atomic mass is 10.0. The zero-order valence-electron chi connectivity index (χ0n) is 17.5. The molecule has 0 spiro atoms. The van der Waals surface area contributed by atoms with Crippen LogP contribution in [0.2, 0.25) is 0 Å². The number of hydrogen-bond donors (Lipinski definition) is 1. The number of nitrogens with one attached hydrogen (secondary N) is 1. The Labute approximate surface area is 184 Å². The van der Waals surface area contributed by atoms with Gasteiger partial charge in [-0.1, -0.05) is 95.8 Å². The fourth-order valence-corrected chi connectivity index (χ4v) is 4.89. The normalized spacial score (nSPS) is 11.6. The molecule has 0 saturated heterocycles. The smallest absolute Gasteiger partial charge is 0.0600 e. The minimum Gasteiger partial charge on any atom is -0.354 e. The van der Waals surface area contributed by atoms with Gasteiger partial charge >= 0.3 is 0 Å². The number of unbranched alkanes of at least 4 members (excludes halogenated alkanes) is 11. The van der Waals surface area contributed by atoms with Crippen molar-refractivity contribution in [1.82, 2.24) is 4.98 Å². The number of benzene rings is 2. The SMILES string of the molecule is CCCCCCCCCCCCCCc1ccc2[nH]c3c(I)cccc3c2c1. The molecule has 0 saturated carbocycles. The molecule has 0 amide bonds. The zero-order chi connectivity index (χ0) is 19.6. The lowest BCUT2D eigenvalue weighted by Crippen LogP contribution is -1.87. The molecule has 0 aliphatic carbocycles. The second-order valence-electron chi connectivity index (χ2n) is 8.31. The fraction of sp³-hybridized carbons (Fsp3) is 0.538. The first-order chi connectivity index (χ1) is 13.8. The largest absolute Gasteiger partial charge is 0.354 e. The van der Waals surface area contributed by atoms with Gasteiger partial charge in [0.1, 0.15) is 0 Å². The van der Waals surface area contributed by atoms with E-state index in [-0.39, 0.29) is 0 Å². The van der Waals surface area contributed by atoms with Crippen LogP contribution in [0.1, 0.15) is 89.5 Å². The third-order valence-corrected chi connectivity index (χ3v) is 6.87. The predicted molar refractivity (Wildman–Crippen MR) is 133 cm³/mol. The van der Waals surface area contributed by atoms with Gasteiger partial charge in [-0.05, 0) is 59.2 Å². The van der Waals surface area contributed by atoms with Crippen LogP contribution >= 0.6 is 22.6 Å². The first-order valence-electron chi connectivity index (χ1n) is 11.5. The van der Waals surface area contributed by atoms with Crippen molar-refractivity contribution in [3.05, 3.63) is 45.5 Å². The van der Waals surface area contributed by atoms with E-state index < -0.39 is 0 Å². The highest BCUT2D eigenvalue weighted by Gasteiger charge is 2.07. The third-order valence-electron chi connectivity index (χ3n) is 5.97. The molecule has 0 fully saturated rings. The van der Waals surface area contributed by atoms with E-state index in [4.69, 9.17) is 0 Å². The molecular weight excluding hydrogens is 453 g/mol. The number of rotatable bonds is 13. The molecule has 3 rings (SSSR count). The van der Waals surface area contributed by atoms with Crippen molar-refractivity contribution in [2.75, 3.05) is 0 Å². The van der Waals surface area contributed by atoms with Gasteiger partial charge in [-0.3, -0.25) is 0 Å². The van der Waals surface area contributed by atoms with Crippen molar-refractivity contribution in [3.8, 4) is 0 Å². The first kappa shape index (κ1) is 21.7. The number of hydrogen-bond acceptors (Lipinski definition) is 0. The lowest BCUT2D eigenvalue weighted by Gasteiger charge is -2.04. The highest BCUT2D eigenvalue weighted by molar-refractivity contribution is 14.1. The van der Waals surface area contributed by atoms with Gasteiger partial charge in [-0.2, -0.15) is 0 Å². The number of fused-ring (bicyclic) bond motifs is 3. The maximum absolute atomic E-state index is 3.58. The molecule has 0 radical (unpaired) electrons. The second-order valence-corrected chi connectivity index (χ2v) is 9.47. The average molecular weight is 489 g/mol. The summed E-state index contributed by atoms with van der Waals surface area (Å²) < 4.78 is 1.30. The van der Waals surface area contributed by atoms with Crippen molar-refractivity contribution >= 4 is 44.4 Å². The molecule has 28 heavy (non-hydrogen) atoms. The Bertz CT molecular complexity index is 848. The molecule has 0 aliphatic heterocycles. The molecule has 2 heteroatoms. The number of halogens is 1. The van der Waals surface area contributed by atoms with E-state index >= 15 is 0 Å². The summed E-state index contributed by atoms with van der Waals surface area (Å²) in [6.45, 7) is 2.29. The maximum Gasteiger partial charge on any atom is 0.0600 e. The molecule has 0 aliphatic rings. The summed E-state index contributed by atoms with van der Waals surface area (Å²) in [5.41, 5.74) is 4.03. The van der Waals surface area contributed by atoms with Crippen LogP contribution < -0.4 is 0 Å². The highest BCUT2D eigenvalue weighted by atomic mass is 127. The monoisotopic (exact) mass is 489 g/mol. The van der Waals surface area contributed by atoms with Crippen LogP contribution in [0.25, 0.3) is 21.8 Å². The zero-order valence-corrected chi connectivity index (χ0v) is 19.7. The Balaban J connectivity index is 1.34. The summed E-state index contributed by atoms with van der Waals surface area (Å²) in [6.07, 6.45) is 18.2. The molecule has 2 aromatic carbocycles. The van der Waals surface area contributed by atoms with Gasteiger partial charge in [-0.15, -0.1) is 0 Å². The van der Waals surface area contributed by atoms with E-state index in [0.29, 0.717) is 0 Å². The molecule has 1 N–H and O–H groups in total. The number of aromatic amines is 1. The molecule has 0 atom stereocenters. The van der Waals surface area contributed by atoms with Crippen molar-refractivity contribution in [2.24, 2.45) is 0 Å². The van der Waals surface area contributed by atoms with E-state index in [9.17, 15) is 0 Å². The number of H-pyrrole nitrogens is 1. The van der Waals surface area contributed by atoms with Crippen LogP contribution in [0.5, 0.6) is 0 Å². The van der Waals surface area contributed by atoms with Gasteiger partial charge in [0.2, 0.25) is 0 Å². The van der Waals surface area contributed by atoms with E-state index in [1.165, 1.54) is 114 Å². The van der Waals surface area contributed by atoms with Gasteiger partial charge in [0.05, 0.1) is 5.52 Å². The topological polar surface area (TPSA) is 15.8 Å². The number of para-hydroxylation sites is 1. The maximum atomic E-state index is 3.58. The van der Waals surface area contributed by atoms with Crippen LogP contribution in [0.15, 0.2) is 36.4 Å². The summed E-state index contributed by atoms with van der Waals surface area (Å²) in [5, 5.41) is 2.74. The van der Waals surface area contributed by atoms with Crippen LogP contribution in [0.3, 0.4) is 0 Å². The van der Waals surface area contributed by atoms with Crippen molar-refractivity contribution in [3.63, 3.8) is 0 Å². The predicted octanol–water partition coefficient (Wildman–Crippen LogP) is 9.17. The quantitative estimate of drug-likeness (QED) is 0.182. The average Bonchev–Trinajstić information content (AvgIpc) is 3.08. The summed E-state index contributed by atoms with van der Waals surface area (Å²) in [5.74, 6) is 0. The van der Waals surface area contributed by atoms with Crippen LogP contribution in [-0.4, -0.2) is 4.98 Å². The molecule has 1 nitrogen and oxygen atoms in total. The number of aryl methyl sites for hydroxylation is 1. The van der Waals surface area contributed by atoms with E-state index in [2.05, 4.69) is 70.9 Å². The van der Waals surface area contributed by atoms with Crippen LogP contribution in [-0.2, 0) is 6.42 Å². The number of aromatic nitrogens is 1. The Hall–Kier alpha value is -1.03. The van der Waals surface area contributed by atoms with Gasteiger partial charge in [0.25, 0.3) is 0 Å². The molecule has 1 heterocycles. The standard InChI is InChI=1S/C26H36IN/c1-2-3-4-5-6-7-8-9-10-11-12-13-15-21-18-19-25-23(20-21)22-16-14-17-24(27)26(22)28-25/h14,16-20,28H,2-13,15H2,1H3. The summed E-state index contributed by atoms with van der Waals surface area (Å²) in [6, 6.07) is 13.6. The second kappa shape index (κ2) is 11.8. The van der Waals surface area contributed by atoms with Gasteiger partial charge in [0.15, 0.2) is 0 Å². The highest BCUT2D eigenvalue weighted by Crippen LogP contribution is 2.29. The van der Waals surface area contributed by atoms with Crippen molar-refractivity contribution in [2.45, 2.75) is 90.4 Å². The van der Waals surface area contributed by atoms with Crippen molar-refractivity contribution < 1.29 is 0 Å². The minimum absolute atomic E-state index is 1.21. The van der Waals surface area contributed by atoms with Crippen LogP contribution in [0.4, 0.5) is 0 Å². The van der Waals surface area contributed by atoms with Gasteiger partial charge in [0, 0.05) is 19.9 Å². The Morgan fingerprint density at radius 1 is 0.714 bits per heavy atom. The summed E-state index contributed by atoms with van der Waals surface area (Å²) >= 11 is 2.42. The Kier molecular flexibility index (Phi) is 9.17. The van der Waals surface area contributed by atoms with E-state index in [1.54, 1.807) is 0 Å². The summed E-state index contributed by atoms with van der Waals surface area (Å²) in [7, 11) is 0. The molecule has 3 aromatic rings. The van der Waals surface area contributed by atoms with E-state index in [0.717, 1.165) is 0 Å². The van der Waals surface area contributed by atoms with Crippen LogP contribution in [0, 0.1) is 3.57 Å². The first-order valence-corrected chi connectivity index (χ1v) is 12.6. The molecular formula is C26H36IN. The minimum atomic E-state index is 1.21. The Morgan fingerprint density at radius 2 is 1.36 bits per heavy atom. The van der Waals surface area contributed by atoms with Gasteiger partial charge < -0.3 is 4.98 Å². The summed E-state index contributed by atoms with van der Waals surface area (Å²) in [4.78, 5) is 3.58. The van der Waals surface area contributed by atoms with E-state index in [1.807, 2.05) is 0 Å². The van der Waals surface area contributed by atoms with Gasteiger partial charge in [-0.25, -0.2) is 0 Å². The van der Waals surface area contributed by atoms with Crippen molar-refractivity contribution in [1.29, 1.82) is 0 Å². The molecule has 0 unspecified atom stereocenters. The Morgan fingerprint density at radius 3 is 2.04 bits per heavy atom. The molecule has 152 valence electrons. The third kappa shape index (κ3) is 6.23. The molecule has 0 bridgehead atoms.